The van der Waals surface area contributed by atoms with Gasteiger partial charge in [-0.2, -0.15) is 0 Å². The van der Waals surface area contributed by atoms with Crippen LogP contribution in [0.1, 0.15) is 0 Å². The number of hydrogen-bond donors (Lipinski definition) is 0. The molecule has 0 bridgehead atoms. The van der Waals surface area contributed by atoms with Crippen LogP contribution in [0.2, 0.25) is 0 Å². The second-order valence-corrected chi connectivity index (χ2v) is 0.904. The van der Waals surface area contributed by atoms with Crippen molar-refractivity contribution in [2.75, 3.05) is 0 Å². The fourth-order valence-electron chi connectivity index (χ4n) is 0.253. The van der Waals surface area contributed by atoms with Crippen molar-refractivity contribution in [3.05, 3.63) is 24.8 Å². The van der Waals surface area contributed by atoms with Crippen molar-refractivity contribution in [2.24, 2.45) is 0 Å². The third kappa shape index (κ3) is 2.58. The van der Waals surface area contributed by atoms with Crippen LogP contribution < -0.4 is 0 Å². The zero-order valence-electron chi connectivity index (χ0n) is 3.65. The molecule has 35 valence electrons. The summed E-state index contributed by atoms with van der Waals surface area (Å²) in [6.45, 7) is 0. The van der Waals surface area contributed by atoms with Gasteiger partial charge >= 0.3 is 0 Å². The van der Waals surface area contributed by atoms with E-state index in [0.717, 1.165) is 0 Å². The second-order valence-electron chi connectivity index (χ2n) is 0.904. The van der Waals surface area contributed by atoms with Gasteiger partial charge in [-0.15, -0.1) is 0 Å². The Morgan fingerprint density at radius 2 is 1.57 bits per heavy atom. The van der Waals surface area contributed by atoms with Crippen molar-refractivity contribution in [1.82, 2.24) is 9.97 Å². The van der Waals surface area contributed by atoms with Crippen molar-refractivity contribution in [3.8, 4) is 0 Å². The molecule has 1 heterocycles. The number of rotatable bonds is 0. The summed E-state index contributed by atoms with van der Waals surface area (Å²) in [5, 5.41) is 0. The monoisotopic (exact) mass is 201 g/mol. The van der Waals surface area contributed by atoms with Gasteiger partial charge in [0.15, 0.2) is 0 Å². The molecule has 1 aromatic heterocycles. The molecule has 7 heavy (non-hydrogen) atoms. The van der Waals surface area contributed by atoms with Gasteiger partial charge in [-0.25, -0.2) is 9.97 Å². The number of aromatic nitrogens is 2. The van der Waals surface area contributed by atoms with Crippen molar-refractivity contribution in [2.45, 2.75) is 0 Å². The van der Waals surface area contributed by atoms with Crippen LogP contribution in [0.15, 0.2) is 24.8 Å². The summed E-state index contributed by atoms with van der Waals surface area (Å²) in [7, 11) is 0. The van der Waals surface area contributed by atoms with Crippen LogP contribution in [-0.2, 0) is 0 Å². The predicted molar refractivity (Wildman–Crippen MR) is 27.8 cm³/mol. The normalized spacial score (nSPS) is 6.86. The first-order valence-electron chi connectivity index (χ1n) is 1.70. The molecule has 3 radical (unpaired) electrons. The molecule has 0 unspecified atom stereocenters. The summed E-state index contributed by atoms with van der Waals surface area (Å²) in [6, 6.07) is 1.78. The molecular weight excluding hydrogens is 198 g/mol. The Hall–Kier alpha value is -0.102. The third-order valence-electron chi connectivity index (χ3n) is 0.478. The Kier molecular flexibility index (Phi) is 4.01. The zero-order valence-corrected chi connectivity index (χ0v) is 6.20. The van der Waals surface area contributed by atoms with E-state index in [4.69, 9.17) is 0 Å². The van der Waals surface area contributed by atoms with E-state index in [1.165, 1.54) is 6.33 Å². The van der Waals surface area contributed by atoms with Crippen LogP contribution in [0.4, 0.5) is 0 Å². The van der Waals surface area contributed by atoms with E-state index in [1.807, 2.05) is 0 Å². The third-order valence-corrected chi connectivity index (χ3v) is 0.478. The summed E-state index contributed by atoms with van der Waals surface area (Å²) in [6.07, 6.45) is 4.88. The zero-order chi connectivity index (χ0) is 4.24. The minimum Gasteiger partial charge on any atom is -0.245 e. The van der Waals surface area contributed by atoms with Gasteiger partial charge in [0.05, 0.1) is 0 Å². The molecule has 0 atom stereocenters. The SMILES string of the molecule is [Sb].c1cncnc1. The van der Waals surface area contributed by atoms with Gasteiger partial charge in [0, 0.05) is 36.8 Å². The summed E-state index contributed by atoms with van der Waals surface area (Å²) in [5.41, 5.74) is 0. The van der Waals surface area contributed by atoms with E-state index in [9.17, 15) is 0 Å². The summed E-state index contributed by atoms with van der Waals surface area (Å²) in [4.78, 5) is 7.35. The van der Waals surface area contributed by atoms with Gasteiger partial charge in [-0.1, -0.05) is 0 Å². The van der Waals surface area contributed by atoms with Gasteiger partial charge < -0.3 is 0 Å². The molecule has 0 fully saturated rings. The number of nitrogens with zero attached hydrogens (tertiary/aromatic N) is 2. The molecule has 1 aromatic rings. The maximum Gasteiger partial charge on any atom is 0.115 e. The minimum atomic E-state index is 0. The maximum absolute atomic E-state index is 3.67. The molecule has 2 nitrogen and oxygen atoms in total. The van der Waals surface area contributed by atoms with Crippen LogP contribution in [0, 0.1) is 0 Å². The van der Waals surface area contributed by atoms with Crippen molar-refractivity contribution < 1.29 is 0 Å². The van der Waals surface area contributed by atoms with E-state index < -0.39 is 0 Å². The average Bonchev–Trinajstić information content (AvgIpc) is 1.72. The largest absolute Gasteiger partial charge is 0.245 e. The van der Waals surface area contributed by atoms with Gasteiger partial charge in [0.2, 0.25) is 0 Å². The fraction of sp³-hybridized carbons (Fsp3) is 0. The summed E-state index contributed by atoms with van der Waals surface area (Å²) < 4.78 is 0. The van der Waals surface area contributed by atoms with Crippen LogP contribution >= 0.6 is 0 Å². The van der Waals surface area contributed by atoms with Crippen LogP contribution in [0.5, 0.6) is 0 Å². The van der Waals surface area contributed by atoms with E-state index in [1.54, 1.807) is 18.5 Å². The molecule has 0 aliphatic rings. The Labute approximate surface area is 59.4 Å². The molecule has 0 aliphatic heterocycles. The second kappa shape index (κ2) is 4.07. The van der Waals surface area contributed by atoms with E-state index in [0.29, 0.717) is 0 Å². The van der Waals surface area contributed by atoms with Crippen LogP contribution in [-0.4, -0.2) is 34.4 Å². The van der Waals surface area contributed by atoms with Crippen molar-refractivity contribution in [1.29, 1.82) is 0 Å². The standard InChI is InChI=1S/C4H4N2.Sb/c1-2-5-4-6-3-1;/h1-4H;. The Bertz CT molecular complexity index is 81.6. The summed E-state index contributed by atoms with van der Waals surface area (Å²) in [5.74, 6) is 0. The molecule has 0 saturated heterocycles. The first-order chi connectivity index (χ1) is 3.00. The molecule has 0 aromatic carbocycles. The maximum atomic E-state index is 3.67. The van der Waals surface area contributed by atoms with E-state index >= 15 is 0 Å². The first kappa shape index (κ1) is 6.90. The molecular formula is C4H4N2Sb. The molecule has 1 rings (SSSR count). The van der Waals surface area contributed by atoms with Gasteiger partial charge in [0.1, 0.15) is 6.33 Å². The van der Waals surface area contributed by atoms with E-state index in [2.05, 4.69) is 9.97 Å². The molecule has 0 N–H and O–H groups in total. The fourth-order valence-corrected chi connectivity index (χ4v) is 0.253. The number of hydrogen-bond acceptors (Lipinski definition) is 2. The quantitative estimate of drug-likeness (QED) is 0.557. The Morgan fingerprint density at radius 3 is 1.71 bits per heavy atom. The molecule has 0 saturated carbocycles. The topological polar surface area (TPSA) is 25.8 Å². The average molecular weight is 202 g/mol. The van der Waals surface area contributed by atoms with E-state index in [-0.39, 0.29) is 24.4 Å². The van der Waals surface area contributed by atoms with Gasteiger partial charge in [-0.05, 0) is 6.07 Å². The van der Waals surface area contributed by atoms with Crippen LogP contribution in [0.25, 0.3) is 0 Å². The van der Waals surface area contributed by atoms with Crippen LogP contribution in [0.3, 0.4) is 0 Å². The molecule has 3 heteroatoms. The molecule has 0 spiro atoms. The predicted octanol–water partition coefficient (Wildman–Crippen LogP) is 0.0958. The van der Waals surface area contributed by atoms with Gasteiger partial charge in [-0.3, -0.25) is 0 Å². The first-order valence-corrected chi connectivity index (χ1v) is 1.70. The summed E-state index contributed by atoms with van der Waals surface area (Å²) >= 11 is 0. The van der Waals surface area contributed by atoms with Crippen molar-refractivity contribution in [3.63, 3.8) is 0 Å². The smallest absolute Gasteiger partial charge is 0.115 e. The van der Waals surface area contributed by atoms with Crippen molar-refractivity contribution >= 4 is 24.4 Å². The molecule has 0 aliphatic carbocycles. The Balaban J connectivity index is 0.000000360. The molecule has 0 amide bonds. The Morgan fingerprint density at radius 1 is 1.00 bits per heavy atom. The minimum absolute atomic E-state index is 0. The van der Waals surface area contributed by atoms with Gasteiger partial charge in [0.25, 0.3) is 0 Å².